The standard InChI is InChI=1S/C39H34BN3O2.C35H30BN3O2.C33H30BN3O2/c1-38(2)39(3,4)45-40(44-38)34-25-23-33(24-26-34)37-42-35(31-19-15-29(16-20-31)27-11-7-5-8-12-27)41-36(43-37)32-21-17-30(18-22-32)28-13-9-6-10-14-28;1-34(2)35(3,4)41-36(40-34)26-20-18-24(19-21-26)32-37-31(23-12-6-5-7-13-23)38-33(39-32)30-22-25-14-8-9-15-27(25)28-16-10-11-17-29(28)30;1-32(2)33(3,4)39-34(38-32)28-21-19-27(20-22-28)31-36-29(25-13-9-6-10-14-25)35-30(37-31)26-17-15-24(16-18-26)23-11-7-5-8-12-23/h5-26H,1-4H3;5-22H,1-4H3;5-22H,1-4H3. The molecule has 0 spiro atoms. The van der Waals surface area contributed by atoms with E-state index in [1.54, 1.807) is 0 Å². The number of benzene rings is 14. The largest absolute Gasteiger partial charge is 0.494 e. The van der Waals surface area contributed by atoms with Gasteiger partial charge in [-0.2, -0.15) is 0 Å². The molecule has 6 heterocycles. The van der Waals surface area contributed by atoms with Gasteiger partial charge in [-0.3, -0.25) is 0 Å². The molecule has 0 radical (unpaired) electrons. The number of aromatic nitrogens is 9. The topological polar surface area (TPSA) is 171 Å². The minimum absolute atomic E-state index is 0.389. The Morgan fingerprint density at radius 3 is 0.600 bits per heavy atom. The van der Waals surface area contributed by atoms with Crippen LogP contribution in [0.15, 0.2) is 352 Å². The van der Waals surface area contributed by atoms with Gasteiger partial charge in [0.2, 0.25) is 0 Å². The van der Waals surface area contributed by atoms with Gasteiger partial charge in [-0.05, 0) is 160 Å². The fourth-order valence-electron chi connectivity index (χ4n) is 15.3. The van der Waals surface area contributed by atoms with Gasteiger partial charge in [0, 0.05) is 50.1 Å². The van der Waals surface area contributed by atoms with Crippen molar-refractivity contribution in [2.45, 2.75) is 117 Å². The SMILES string of the molecule is CC1(C)OB(c2ccc(-c3nc(-c4ccc(-c5ccccc5)cc4)nc(-c4ccc(-c5ccccc5)cc4)n3)cc2)OC1(C)C.CC1(C)OB(c2ccc(-c3nc(-c4ccccc4)nc(-c4cc5ccccc5c5ccccc45)n3)cc2)OC1(C)C.CC1(C)OB(c2ccc(-c3nc(-c4ccccc4)nc(-c4ccc(-c5ccccc5)cc4)n3)cc2)OC1(C)C. The quantitative estimate of drug-likeness (QED) is 0.0701. The molecule has 0 N–H and O–H groups in total. The lowest BCUT2D eigenvalue weighted by atomic mass is 9.79. The Hall–Kier alpha value is -13.4. The molecule has 3 fully saturated rings. The van der Waals surface area contributed by atoms with E-state index in [0.29, 0.717) is 52.4 Å². The first-order chi connectivity index (χ1) is 60.3. The molecule has 15 nitrogen and oxygen atoms in total. The van der Waals surface area contributed by atoms with Crippen LogP contribution in [-0.2, 0) is 27.9 Å². The third kappa shape index (κ3) is 17.4. The van der Waals surface area contributed by atoms with Crippen molar-refractivity contribution in [3.05, 3.63) is 352 Å². The van der Waals surface area contributed by atoms with Gasteiger partial charge in [-0.25, -0.2) is 44.9 Å². The second kappa shape index (κ2) is 34.0. The lowest BCUT2D eigenvalue weighted by molar-refractivity contribution is 0.00578. The third-order valence-corrected chi connectivity index (χ3v) is 24.8. The van der Waals surface area contributed by atoms with Crippen molar-refractivity contribution in [1.82, 2.24) is 44.9 Å². The Morgan fingerprint density at radius 2 is 0.344 bits per heavy atom. The maximum atomic E-state index is 6.27. The van der Waals surface area contributed by atoms with Crippen LogP contribution in [0.2, 0.25) is 0 Å². The summed E-state index contributed by atoms with van der Waals surface area (Å²) >= 11 is 0. The predicted molar refractivity (Wildman–Crippen MR) is 507 cm³/mol. The molecule has 125 heavy (non-hydrogen) atoms. The van der Waals surface area contributed by atoms with E-state index >= 15 is 0 Å². The maximum Gasteiger partial charge on any atom is 0.494 e. The number of nitrogens with zero attached hydrogens (tertiary/aromatic N) is 9. The maximum absolute atomic E-state index is 6.27. The predicted octanol–water partition coefficient (Wildman–Crippen LogP) is 22.8. The Labute approximate surface area is 731 Å². The summed E-state index contributed by atoms with van der Waals surface area (Å²) in [6.45, 7) is 24.8. The minimum atomic E-state index is -0.431. The zero-order chi connectivity index (χ0) is 86.2. The third-order valence-electron chi connectivity index (χ3n) is 24.8. The van der Waals surface area contributed by atoms with Crippen LogP contribution in [0.25, 0.3) is 157 Å². The summed E-state index contributed by atoms with van der Waals surface area (Å²) in [4.78, 5) is 44.4. The second-order valence-electron chi connectivity index (χ2n) is 34.8. The Morgan fingerprint density at radius 1 is 0.168 bits per heavy atom. The zero-order valence-electron chi connectivity index (χ0n) is 72.2. The Balaban J connectivity index is 0.000000128. The fraction of sp³-hybridized carbons (Fsp3) is 0.168. The van der Waals surface area contributed by atoms with E-state index in [9.17, 15) is 0 Å². The molecule has 0 bridgehead atoms. The Kier molecular flexibility index (Phi) is 22.5. The lowest BCUT2D eigenvalue weighted by Crippen LogP contribution is -2.41. The Bertz CT molecular complexity index is 6560. The number of rotatable bonds is 15. The van der Waals surface area contributed by atoms with Crippen LogP contribution in [0.3, 0.4) is 0 Å². The van der Waals surface area contributed by atoms with Gasteiger partial charge >= 0.3 is 21.4 Å². The van der Waals surface area contributed by atoms with Gasteiger partial charge in [0.05, 0.1) is 33.6 Å². The number of fused-ring (bicyclic) bond motifs is 3. The van der Waals surface area contributed by atoms with Crippen molar-refractivity contribution < 1.29 is 27.9 Å². The van der Waals surface area contributed by atoms with Gasteiger partial charge < -0.3 is 27.9 Å². The van der Waals surface area contributed by atoms with Crippen molar-refractivity contribution in [2.75, 3.05) is 0 Å². The van der Waals surface area contributed by atoms with Crippen LogP contribution in [0, 0.1) is 0 Å². The van der Waals surface area contributed by atoms with Crippen molar-refractivity contribution in [3.63, 3.8) is 0 Å². The summed E-state index contributed by atoms with van der Waals surface area (Å²) in [7, 11) is -1.27. The van der Waals surface area contributed by atoms with E-state index < -0.39 is 43.8 Å². The van der Waals surface area contributed by atoms with Crippen LogP contribution in [-0.4, -0.2) is 99.8 Å². The highest BCUT2D eigenvalue weighted by Crippen LogP contribution is 2.42. The van der Waals surface area contributed by atoms with Crippen LogP contribution in [0.4, 0.5) is 0 Å². The summed E-state index contributed by atoms with van der Waals surface area (Å²) in [5, 5.41) is 4.65. The normalized spacial score (nSPS) is 15.7. The summed E-state index contributed by atoms with van der Waals surface area (Å²) in [5.74, 6) is 5.64. The van der Waals surface area contributed by atoms with E-state index in [1.165, 1.54) is 27.5 Å². The van der Waals surface area contributed by atoms with Crippen molar-refractivity contribution >= 4 is 59.3 Å². The highest BCUT2D eigenvalue weighted by atomic mass is 16.7. The lowest BCUT2D eigenvalue weighted by Gasteiger charge is -2.32. The highest BCUT2D eigenvalue weighted by molar-refractivity contribution is 6.63. The smallest absolute Gasteiger partial charge is 0.399 e. The van der Waals surface area contributed by atoms with Crippen molar-refractivity contribution in [3.8, 4) is 136 Å². The van der Waals surface area contributed by atoms with Crippen LogP contribution in [0.5, 0.6) is 0 Å². The van der Waals surface area contributed by atoms with Crippen LogP contribution < -0.4 is 16.4 Å². The molecule has 17 aromatic rings. The van der Waals surface area contributed by atoms with Gasteiger partial charge in [-0.1, -0.05) is 346 Å². The molecule has 3 aliphatic rings. The molecule has 0 amide bonds. The summed E-state index contributed by atoms with van der Waals surface area (Å²) in [6.07, 6.45) is 0. The first-order valence-corrected chi connectivity index (χ1v) is 42.5. The molecular formula is C107H94B3N9O6. The summed E-state index contributed by atoms with van der Waals surface area (Å²) in [5.41, 5.74) is 15.8. The van der Waals surface area contributed by atoms with E-state index in [1.807, 2.05) is 164 Å². The molecule has 3 saturated heterocycles. The van der Waals surface area contributed by atoms with Gasteiger partial charge in [0.25, 0.3) is 0 Å². The molecule has 0 unspecified atom stereocenters. The molecule has 0 atom stereocenters. The first-order valence-electron chi connectivity index (χ1n) is 42.5. The molecule has 20 rings (SSSR count). The van der Waals surface area contributed by atoms with Crippen LogP contribution in [0.1, 0.15) is 83.1 Å². The molecule has 18 heteroatoms. The average Bonchev–Trinajstić information content (AvgIpc) is 1.76. The minimum Gasteiger partial charge on any atom is -0.399 e. The zero-order valence-corrected chi connectivity index (χ0v) is 72.2. The molecule has 3 aromatic heterocycles. The van der Waals surface area contributed by atoms with E-state index in [2.05, 4.69) is 271 Å². The highest BCUT2D eigenvalue weighted by Gasteiger charge is 2.54. The van der Waals surface area contributed by atoms with Crippen molar-refractivity contribution in [1.29, 1.82) is 0 Å². The van der Waals surface area contributed by atoms with E-state index in [4.69, 9.17) is 72.8 Å². The van der Waals surface area contributed by atoms with Gasteiger partial charge in [0.1, 0.15) is 0 Å². The second-order valence-corrected chi connectivity index (χ2v) is 34.8. The molecule has 14 aromatic carbocycles. The summed E-state index contributed by atoms with van der Waals surface area (Å²) < 4.78 is 37.5. The van der Waals surface area contributed by atoms with Crippen LogP contribution >= 0.6 is 0 Å². The first kappa shape index (κ1) is 82.5. The molecular weight excluding hydrogens is 1540 g/mol. The summed E-state index contributed by atoms with van der Waals surface area (Å²) in [6, 6.07) is 120. The van der Waals surface area contributed by atoms with E-state index in [0.717, 1.165) is 93.9 Å². The monoisotopic (exact) mass is 1630 g/mol. The van der Waals surface area contributed by atoms with Gasteiger partial charge in [-0.15, -0.1) is 0 Å². The molecule has 0 saturated carbocycles. The molecule has 612 valence electrons. The van der Waals surface area contributed by atoms with Crippen molar-refractivity contribution in [2.24, 2.45) is 0 Å². The average molecular weight is 1630 g/mol. The fourth-order valence-corrected chi connectivity index (χ4v) is 15.3. The number of hydrogen-bond acceptors (Lipinski definition) is 15. The molecule has 3 aliphatic heterocycles. The van der Waals surface area contributed by atoms with Gasteiger partial charge in [0.15, 0.2) is 52.4 Å². The van der Waals surface area contributed by atoms with E-state index in [-0.39, 0.29) is 11.2 Å². The molecule has 0 aliphatic carbocycles. The number of hydrogen-bond donors (Lipinski definition) is 0.